The quantitative estimate of drug-likeness (QED) is 0.555. The van der Waals surface area contributed by atoms with Crippen molar-refractivity contribution in [2.45, 2.75) is 24.9 Å². The molecule has 2 aromatic rings. The van der Waals surface area contributed by atoms with Crippen molar-refractivity contribution in [2.24, 2.45) is 0 Å². The Morgan fingerprint density at radius 1 is 0.861 bits per heavy atom. The van der Waals surface area contributed by atoms with E-state index in [9.17, 15) is 9.59 Å². The van der Waals surface area contributed by atoms with Crippen LogP contribution >= 0.6 is 0 Å². The van der Waals surface area contributed by atoms with Crippen molar-refractivity contribution in [3.8, 4) is 23.0 Å². The Hall–Kier alpha value is -3.46. The number of nitrogens with zero attached hydrogens (tertiary/aromatic N) is 3. The summed E-state index contributed by atoms with van der Waals surface area (Å²) in [5, 5.41) is 0. The molecule has 0 aromatic heterocycles. The standard InChI is InChI=1S/C27H35N3O6/c1-28-12-14-29(15-13-28)27(32)21-10-11-24(31)30(21)25(18-6-8-20(33-2)9-7-18)19-16-22(34-3)26(36-5)23(17-19)35-4/h6-9,16-17,21,25H,10-15H2,1-5H3. The predicted octanol–water partition coefficient (Wildman–Crippen LogP) is 2.58. The highest BCUT2D eigenvalue weighted by Gasteiger charge is 2.43. The molecule has 0 saturated carbocycles. The van der Waals surface area contributed by atoms with Crippen LogP contribution in [0.25, 0.3) is 0 Å². The molecule has 4 rings (SSSR count). The third-order valence-electron chi connectivity index (χ3n) is 7.07. The number of methoxy groups -OCH3 is 4. The third kappa shape index (κ3) is 4.93. The smallest absolute Gasteiger partial charge is 0.245 e. The third-order valence-corrected chi connectivity index (χ3v) is 7.07. The van der Waals surface area contributed by atoms with Crippen molar-refractivity contribution in [1.29, 1.82) is 0 Å². The van der Waals surface area contributed by atoms with Gasteiger partial charge < -0.3 is 33.6 Å². The molecule has 36 heavy (non-hydrogen) atoms. The average molecular weight is 498 g/mol. The highest BCUT2D eigenvalue weighted by molar-refractivity contribution is 5.91. The summed E-state index contributed by atoms with van der Waals surface area (Å²) in [6.07, 6.45) is 0.808. The van der Waals surface area contributed by atoms with Gasteiger partial charge >= 0.3 is 0 Å². The van der Waals surface area contributed by atoms with Crippen LogP contribution in [0.15, 0.2) is 36.4 Å². The molecule has 9 heteroatoms. The SMILES string of the molecule is COc1ccc(C(c2cc(OC)c(OC)c(OC)c2)N2C(=O)CCC2C(=O)N2CCN(C)CC2)cc1. The maximum absolute atomic E-state index is 13.7. The molecule has 2 aliphatic rings. The number of amides is 2. The van der Waals surface area contributed by atoms with Crippen LogP contribution in [0.3, 0.4) is 0 Å². The van der Waals surface area contributed by atoms with E-state index in [1.165, 1.54) is 0 Å². The Kier molecular flexibility index (Phi) is 7.88. The van der Waals surface area contributed by atoms with E-state index in [-0.39, 0.29) is 11.8 Å². The number of likely N-dealkylation sites (tertiary alicyclic amines) is 1. The van der Waals surface area contributed by atoms with Gasteiger partial charge in [0, 0.05) is 32.6 Å². The first-order valence-electron chi connectivity index (χ1n) is 12.1. The maximum Gasteiger partial charge on any atom is 0.245 e. The van der Waals surface area contributed by atoms with Crippen molar-refractivity contribution >= 4 is 11.8 Å². The number of piperazine rings is 1. The van der Waals surface area contributed by atoms with Crippen LogP contribution < -0.4 is 18.9 Å². The lowest BCUT2D eigenvalue weighted by atomic mass is 9.95. The molecule has 0 bridgehead atoms. The summed E-state index contributed by atoms with van der Waals surface area (Å²) in [4.78, 5) is 32.9. The molecular weight excluding hydrogens is 462 g/mol. The lowest BCUT2D eigenvalue weighted by Gasteiger charge is -2.38. The fourth-order valence-electron chi connectivity index (χ4n) is 5.07. The van der Waals surface area contributed by atoms with E-state index >= 15 is 0 Å². The van der Waals surface area contributed by atoms with E-state index in [1.807, 2.05) is 41.3 Å². The number of ether oxygens (including phenoxy) is 4. The molecule has 2 amide bonds. The Labute approximate surface area is 212 Å². The Morgan fingerprint density at radius 3 is 2.00 bits per heavy atom. The van der Waals surface area contributed by atoms with Gasteiger partial charge in [-0.1, -0.05) is 12.1 Å². The summed E-state index contributed by atoms with van der Waals surface area (Å²) < 4.78 is 22.1. The molecule has 2 aromatic carbocycles. The Bertz CT molecular complexity index is 1060. The van der Waals surface area contributed by atoms with Gasteiger partial charge in [0.1, 0.15) is 11.8 Å². The second-order valence-electron chi connectivity index (χ2n) is 9.12. The molecular formula is C27H35N3O6. The van der Waals surface area contributed by atoms with Gasteiger partial charge in [0.05, 0.1) is 34.5 Å². The molecule has 2 fully saturated rings. The molecule has 0 radical (unpaired) electrons. The number of carbonyl (C=O) groups is 2. The van der Waals surface area contributed by atoms with E-state index in [0.29, 0.717) is 48.9 Å². The number of likely N-dealkylation sites (N-methyl/N-ethyl adjacent to an activating group) is 1. The second kappa shape index (κ2) is 11.1. The first-order valence-corrected chi connectivity index (χ1v) is 12.1. The topological polar surface area (TPSA) is 80.8 Å². The molecule has 2 saturated heterocycles. The van der Waals surface area contributed by atoms with Gasteiger partial charge in [0.15, 0.2) is 11.5 Å². The number of hydrogen-bond acceptors (Lipinski definition) is 7. The summed E-state index contributed by atoms with van der Waals surface area (Å²) in [5.41, 5.74) is 1.62. The molecule has 2 aliphatic heterocycles. The van der Waals surface area contributed by atoms with Gasteiger partial charge in [0.25, 0.3) is 0 Å². The average Bonchev–Trinajstić information content (AvgIpc) is 3.29. The molecule has 194 valence electrons. The Balaban J connectivity index is 1.80. The molecule has 0 N–H and O–H groups in total. The summed E-state index contributed by atoms with van der Waals surface area (Å²) in [6.45, 7) is 2.96. The minimum absolute atomic E-state index is 0.0000895. The van der Waals surface area contributed by atoms with Gasteiger partial charge in [-0.05, 0) is 48.9 Å². The molecule has 0 aliphatic carbocycles. The zero-order valence-electron chi connectivity index (χ0n) is 21.7. The summed E-state index contributed by atoms with van der Waals surface area (Å²) in [6, 6.07) is 10.2. The van der Waals surface area contributed by atoms with Crippen molar-refractivity contribution < 1.29 is 28.5 Å². The van der Waals surface area contributed by atoms with Crippen LogP contribution in [0.1, 0.15) is 30.0 Å². The predicted molar refractivity (Wildman–Crippen MR) is 135 cm³/mol. The first-order chi connectivity index (χ1) is 17.4. The van der Waals surface area contributed by atoms with E-state index in [4.69, 9.17) is 18.9 Å². The van der Waals surface area contributed by atoms with Crippen LogP contribution in [0.2, 0.25) is 0 Å². The summed E-state index contributed by atoms with van der Waals surface area (Å²) in [5.74, 6) is 2.09. The minimum Gasteiger partial charge on any atom is -0.497 e. The number of carbonyl (C=O) groups excluding carboxylic acids is 2. The zero-order valence-corrected chi connectivity index (χ0v) is 21.7. The second-order valence-corrected chi connectivity index (χ2v) is 9.12. The van der Waals surface area contributed by atoms with Gasteiger partial charge in [-0.15, -0.1) is 0 Å². The molecule has 9 nitrogen and oxygen atoms in total. The fourth-order valence-corrected chi connectivity index (χ4v) is 5.07. The van der Waals surface area contributed by atoms with Gasteiger partial charge in [-0.3, -0.25) is 9.59 Å². The zero-order chi connectivity index (χ0) is 25.8. The van der Waals surface area contributed by atoms with Crippen molar-refractivity contribution in [3.63, 3.8) is 0 Å². The van der Waals surface area contributed by atoms with Crippen LogP contribution in [0.5, 0.6) is 23.0 Å². The highest BCUT2D eigenvalue weighted by Crippen LogP contribution is 2.44. The maximum atomic E-state index is 13.7. The molecule has 2 heterocycles. The van der Waals surface area contributed by atoms with Crippen molar-refractivity contribution in [2.75, 3.05) is 61.7 Å². The van der Waals surface area contributed by atoms with E-state index in [1.54, 1.807) is 33.3 Å². The van der Waals surface area contributed by atoms with E-state index in [0.717, 1.165) is 24.2 Å². The van der Waals surface area contributed by atoms with Crippen molar-refractivity contribution in [3.05, 3.63) is 47.5 Å². The molecule has 2 unspecified atom stereocenters. The first kappa shape index (κ1) is 25.6. The van der Waals surface area contributed by atoms with Gasteiger partial charge in [-0.25, -0.2) is 0 Å². The summed E-state index contributed by atoms with van der Waals surface area (Å²) in [7, 11) is 8.34. The van der Waals surface area contributed by atoms with E-state index in [2.05, 4.69) is 11.9 Å². The Morgan fingerprint density at radius 2 is 1.47 bits per heavy atom. The van der Waals surface area contributed by atoms with Crippen LogP contribution in [-0.2, 0) is 9.59 Å². The number of benzene rings is 2. The van der Waals surface area contributed by atoms with Crippen LogP contribution in [-0.4, -0.2) is 94.2 Å². The van der Waals surface area contributed by atoms with Gasteiger partial charge in [0.2, 0.25) is 17.6 Å². The summed E-state index contributed by atoms with van der Waals surface area (Å²) >= 11 is 0. The minimum atomic E-state index is -0.549. The number of hydrogen-bond donors (Lipinski definition) is 0. The number of rotatable bonds is 8. The fraction of sp³-hybridized carbons (Fsp3) is 0.481. The van der Waals surface area contributed by atoms with E-state index < -0.39 is 12.1 Å². The van der Waals surface area contributed by atoms with Crippen LogP contribution in [0, 0.1) is 0 Å². The lowest BCUT2D eigenvalue weighted by molar-refractivity contribution is -0.143. The monoisotopic (exact) mass is 497 g/mol. The largest absolute Gasteiger partial charge is 0.497 e. The molecule has 0 spiro atoms. The van der Waals surface area contributed by atoms with Crippen molar-refractivity contribution in [1.82, 2.24) is 14.7 Å². The van der Waals surface area contributed by atoms with Crippen LogP contribution in [0.4, 0.5) is 0 Å². The highest BCUT2D eigenvalue weighted by atomic mass is 16.5. The normalized spacial score (nSPS) is 19.2. The van der Waals surface area contributed by atoms with Gasteiger partial charge in [-0.2, -0.15) is 0 Å². The molecule has 2 atom stereocenters. The lowest BCUT2D eigenvalue weighted by Crippen LogP contribution is -2.53.